The van der Waals surface area contributed by atoms with Crippen LogP contribution in [0.5, 0.6) is 0 Å². The number of hydrogen-bond donors (Lipinski definition) is 1. The van der Waals surface area contributed by atoms with Gasteiger partial charge in [0.05, 0.1) is 0 Å². The largest absolute Gasteiger partial charge is 0.508 e. The first-order valence-electron chi connectivity index (χ1n) is 8.33. The molecule has 2 aromatic rings. The molecule has 26 heavy (non-hydrogen) atoms. The molecule has 0 aliphatic carbocycles. The Kier molecular flexibility index (Phi) is 5.31. The van der Waals surface area contributed by atoms with E-state index in [1.807, 2.05) is 36.4 Å². The van der Waals surface area contributed by atoms with Gasteiger partial charge < -0.3 is 14.8 Å². The van der Waals surface area contributed by atoms with Crippen molar-refractivity contribution in [2.24, 2.45) is 5.92 Å². The normalized spacial score (nSPS) is 19.7. The molecule has 0 spiro atoms. The van der Waals surface area contributed by atoms with Gasteiger partial charge in [-0.05, 0) is 12.5 Å². The number of β-lactam (4-membered cyclic amide) rings is 1. The molecule has 6 heteroatoms. The first kappa shape index (κ1) is 17.7. The Bertz CT molecular complexity index is 790. The Morgan fingerprint density at radius 3 is 2.27 bits per heavy atom. The van der Waals surface area contributed by atoms with Gasteiger partial charge >= 0.3 is 6.16 Å². The quantitative estimate of drug-likeness (QED) is 0.491. The molecular formula is C20H19NO5. The van der Waals surface area contributed by atoms with Crippen molar-refractivity contribution in [3.63, 3.8) is 0 Å². The van der Waals surface area contributed by atoms with Crippen molar-refractivity contribution < 1.29 is 23.9 Å². The van der Waals surface area contributed by atoms with Crippen molar-refractivity contribution in [3.05, 3.63) is 71.8 Å². The van der Waals surface area contributed by atoms with E-state index in [-0.39, 0.29) is 18.3 Å². The number of ether oxygens (including phenoxy) is 2. The second-order valence-electron chi connectivity index (χ2n) is 6.09. The molecule has 1 amide bonds. The van der Waals surface area contributed by atoms with Crippen LogP contribution >= 0.6 is 0 Å². The van der Waals surface area contributed by atoms with Gasteiger partial charge in [0.2, 0.25) is 5.91 Å². The number of benzene rings is 2. The summed E-state index contributed by atoms with van der Waals surface area (Å²) in [5.74, 6) is -1.25. The van der Waals surface area contributed by atoms with Gasteiger partial charge in [-0.25, -0.2) is 4.79 Å². The van der Waals surface area contributed by atoms with Gasteiger partial charge in [-0.15, -0.1) is 0 Å². The third-order valence-corrected chi connectivity index (χ3v) is 4.29. The Balaban J connectivity index is 1.56. The zero-order valence-corrected chi connectivity index (χ0v) is 14.3. The monoisotopic (exact) mass is 353 g/mol. The number of amides is 1. The topological polar surface area (TPSA) is 81.7 Å². The standard InChI is InChI=1S/C20H19NO5/c1-13(26-20(24)25-12-14-8-4-2-5-9-14)16-17(21-19(16)23)18(22)15-10-6-3-7-11-15/h2-11,13,16-17H,12H2,1H3,(H,21,23)/t13?,16-,17+/m0/s1. The molecule has 6 nitrogen and oxygen atoms in total. The lowest BCUT2D eigenvalue weighted by atomic mass is 9.81. The van der Waals surface area contributed by atoms with Crippen LogP contribution in [-0.2, 0) is 20.9 Å². The average Bonchev–Trinajstić information content (AvgIpc) is 2.65. The lowest BCUT2D eigenvalue weighted by Gasteiger charge is -2.38. The number of carbonyl (C=O) groups is 3. The van der Waals surface area contributed by atoms with Crippen LogP contribution in [0.15, 0.2) is 60.7 Å². The minimum Gasteiger partial charge on any atom is -0.430 e. The van der Waals surface area contributed by atoms with E-state index >= 15 is 0 Å². The molecule has 1 heterocycles. The predicted molar refractivity (Wildman–Crippen MR) is 93.4 cm³/mol. The molecule has 0 saturated carbocycles. The van der Waals surface area contributed by atoms with Gasteiger partial charge in [0.15, 0.2) is 5.78 Å². The Labute approximate surface area is 151 Å². The van der Waals surface area contributed by atoms with Gasteiger partial charge in [0, 0.05) is 5.56 Å². The predicted octanol–water partition coefficient (Wildman–Crippen LogP) is 2.73. The molecule has 134 valence electrons. The van der Waals surface area contributed by atoms with Gasteiger partial charge in [0.1, 0.15) is 24.7 Å². The molecule has 0 bridgehead atoms. The molecule has 0 aromatic heterocycles. The number of ketones is 1. The summed E-state index contributed by atoms with van der Waals surface area (Å²) in [6.07, 6.45) is -1.64. The first-order valence-corrected chi connectivity index (χ1v) is 8.33. The van der Waals surface area contributed by atoms with E-state index < -0.39 is 24.2 Å². The second kappa shape index (κ2) is 7.82. The van der Waals surface area contributed by atoms with E-state index in [1.165, 1.54) is 0 Å². The summed E-state index contributed by atoms with van der Waals surface area (Å²) in [6, 6.07) is 17.2. The summed E-state index contributed by atoms with van der Waals surface area (Å²) < 4.78 is 10.2. The fraction of sp³-hybridized carbons (Fsp3) is 0.250. The summed E-state index contributed by atoms with van der Waals surface area (Å²) in [6.45, 7) is 1.66. The highest BCUT2D eigenvalue weighted by Gasteiger charge is 2.48. The number of Topliss-reactive ketones (excluding diaryl/α,β-unsaturated/α-hetero) is 1. The summed E-state index contributed by atoms with van der Waals surface area (Å²) in [7, 11) is 0. The fourth-order valence-electron chi connectivity index (χ4n) is 2.86. The Morgan fingerprint density at radius 1 is 1.04 bits per heavy atom. The molecule has 3 rings (SSSR count). The zero-order chi connectivity index (χ0) is 18.5. The molecule has 1 aliphatic rings. The highest BCUT2D eigenvalue weighted by Crippen LogP contribution is 2.25. The van der Waals surface area contributed by atoms with Crippen LogP contribution in [0.3, 0.4) is 0 Å². The van der Waals surface area contributed by atoms with E-state index in [0.29, 0.717) is 5.56 Å². The van der Waals surface area contributed by atoms with Crippen molar-refractivity contribution in [1.29, 1.82) is 0 Å². The lowest BCUT2D eigenvalue weighted by molar-refractivity contribution is -0.139. The first-order chi connectivity index (χ1) is 12.6. The zero-order valence-electron chi connectivity index (χ0n) is 14.3. The van der Waals surface area contributed by atoms with Crippen molar-refractivity contribution in [2.75, 3.05) is 0 Å². The molecule has 1 saturated heterocycles. The molecule has 3 atom stereocenters. The third-order valence-electron chi connectivity index (χ3n) is 4.29. The highest BCUT2D eigenvalue weighted by molar-refractivity contribution is 6.08. The van der Waals surface area contributed by atoms with Crippen molar-refractivity contribution in [3.8, 4) is 0 Å². The molecule has 2 aromatic carbocycles. The number of rotatable bonds is 6. The molecule has 1 aliphatic heterocycles. The SMILES string of the molecule is CC(OC(=O)OCc1ccccc1)[C@@H]1C(=O)N[C@H]1C(=O)c1ccccc1. The van der Waals surface area contributed by atoms with Crippen LogP contribution in [0.2, 0.25) is 0 Å². The Hall–Kier alpha value is -3.15. The van der Waals surface area contributed by atoms with Crippen molar-refractivity contribution in [1.82, 2.24) is 5.32 Å². The number of nitrogens with one attached hydrogen (secondary N) is 1. The van der Waals surface area contributed by atoms with Crippen LogP contribution < -0.4 is 5.32 Å². The number of carbonyl (C=O) groups excluding carboxylic acids is 3. The van der Waals surface area contributed by atoms with E-state index in [0.717, 1.165) is 5.56 Å². The minimum absolute atomic E-state index is 0.0790. The molecule has 0 radical (unpaired) electrons. The van der Waals surface area contributed by atoms with Gasteiger partial charge in [-0.1, -0.05) is 60.7 Å². The average molecular weight is 353 g/mol. The number of hydrogen-bond acceptors (Lipinski definition) is 5. The molecule has 1 N–H and O–H groups in total. The minimum atomic E-state index is -0.869. The summed E-state index contributed by atoms with van der Waals surface area (Å²) >= 11 is 0. The third kappa shape index (κ3) is 3.91. The van der Waals surface area contributed by atoms with Crippen LogP contribution in [0.1, 0.15) is 22.8 Å². The van der Waals surface area contributed by atoms with Crippen LogP contribution in [0.4, 0.5) is 4.79 Å². The highest BCUT2D eigenvalue weighted by atomic mass is 16.7. The van der Waals surface area contributed by atoms with E-state index in [4.69, 9.17) is 9.47 Å². The van der Waals surface area contributed by atoms with Gasteiger partial charge in [-0.2, -0.15) is 0 Å². The maximum Gasteiger partial charge on any atom is 0.508 e. The van der Waals surface area contributed by atoms with E-state index in [1.54, 1.807) is 31.2 Å². The molecule has 1 unspecified atom stereocenters. The van der Waals surface area contributed by atoms with Crippen molar-refractivity contribution >= 4 is 17.8 Å². The Morgan fingerprint density at radius 2 is 1.65 bits per heavy atom. The molecular weight excluding hydrogens is 334 g/mol. The van der Waals surface area contributed by atoms with Gasteiger partial charge in [0.25, 0.3) is 0 Å². The van der Waals surface area contributed by atoms with Crippen LogP contribution in [-0.4, -0.2) is 30.0 Å². The van der Waals surface area contributed by atoms with Crippen molar-refractivity contribution in [2.45, 2.75) is 25.7 Å². The van der Waals surface area contributed by atoms with E-state index in [9.17, 15) is 14.4 Å². The second-order valence-corrected chi connectivity index (χ2v) is 6.09. The lowest BCUT2D eigenvalue weighted by Crippen LogP contribution is -2.65. The smallest absolute Gasteiger partial charge is 0.430 e. The molecule has 1 fully saturated rings. The summed E-state index contributed by atoms with van der Waals surface area (Å²) in [5, 5.41) is 2.58. The fourth-order valence-corrected chi connectivity index (χ4v) is 2.86. The van der Waals surface area contributed by atoms with Crippen LogP contribution in [0, 0.1) is 5.92 Å². The maximum atomic E-state index is 12.5. The summed E-state index contributed by atoms with van der Waals surface area (Å²) in [5.41, 5.74) is 1.33. The van der Waals surface area contributed by atoms with E-state index in [2.05, 4.69) is 5.32 Å². The summed E-state index contributed by atoms with van der Waals surface area (Å²) in [4.78, 5) is 36.2. The van der Waals surface area contributed by atoms with Crippen LogP contribution in [0.25, 0.3) is 0 Å². The maximum absolute atomic E-state index is 12.5. The van der Waals surface area contributed by atoms with Gasteiger partial charge in [-0.3, -0.25) is 9.59 Å².